The van der Waals surface area contributed by atoms with Crippen molar-refractivity contribution in [2.24, 2.45) is 0 Å². The van der Waals surface area contributed by atoms with E-state index < -0.39 is 23.7 Å². The smallest absolute Gasteiger partial charge is 0.333 e. The van der Waals surface area contributed by atoms with E-state index in [-0.39, 0.29) is 5.69 Å². The van der Waals surface area contributed by atoms with Crippen LogP contribution in [0.5, 0.6) is 0 Å². The first-order chi connectivity index (χ1) is 12.5. The van der Waals surface area contributed by atoms with Crippen molar-refractivity contribution in [1.82, 2.24) is 15.1 Å². The number of carbonyl (C=O) groups is 2. The summed E-state index contributed by atoms with van der Waals surface area (Å²) in [6.07, 6.45) is 0. The SMILES string of the molecule is COC(=O)C(NC(=O)c1cc(C)n(-c2cccc(F)c2)n1)c1cccs1. The first-order valence-electron chi connectivity index (χ1n) is 7.74. The Morgan fingerprint density at radius 1 is 1.27 bits per heavy atom. The monoisotopic (exact) mass is 373 g/mol. The van der Waals surface area contributed by atoms with E-state index in [0.717, 1.165) is 0 Å². The van der Waals surface area contributed by atoms with Gasteiger partial charge >= 0.3 is 5.97 Å². The Kier molecular flexibility index (Phi) is 5.13. The van der Waals surface area contributed by atoms with Crippen LogP contribution in [-0.4, -0.2) is 28.8 Å². The maximum absolute atomic E-state index is 13.4. The van der Waals surface area contributed by atoms with E-state index in [0.29, 0.717) is 16.3 Å². The number of methoxy groups -OCH3 is 1. The zero-order chi connectivity index (χ0) is 18.7. The summed E-state index contributed by atoms with van der Waals surface area (Å²) in [5, 5.41) is 8.67. The highest BCUT2D eigenvalue weighted by Gasteiger charge is 2.26. The Hall–Kier alpha value is -3.00. The lowest BCUT2D eigenvalue weighted by Gasteiger charge is -2.14. The number of thiophene rings is 1. The van der Waals surface area contributed by atoms with Gasteiger partial charge in [-0.15, -0.1) is 11.3 Å². The second kappa shape index (κ2) is 7.49. The number of ether oxygens (including phenoxy) is 1. The van der Waals surface area contributed by atoms with Gasteiger partial charge in [0.1, 0.15) is 5.82 Å². The molecule has 0 saturated heterocycles. The third-order valence-corrected chi connectivity index (χ3v) is 4.65. The molecule has 0 aliphatic carbocycles. The topological polar surface area (TPSA) is 73.2 Å². The molecule has 134 valence electrons. The minimum atomic E-state index is -0.910. The van der Waals surface area contributed by atoms with Crippen molar-refractivity contribution in [1.29, 1.82) is 0 Å². The van der Waals surface area contributed by atoms with Crippen molar-refractivity contribution in [3.05, 3.63) is 69.9 Å². The Balaban J connectivity index is 1.86. The van der Waals surface area contributed by atoms with Crippen molar-refractivity contribution >= 4 is 23.2 Å². The summed E-state index contributed by atoms with van der Waals surface area (Å²) in [7, 11) is 1.26. The zero-order valence-corrected chi connectivity index (χ0v) is 14.9. The van der Waals surface area contributed by atoms with E-state index in [2.05, 4.69) is 10.4 Å². The van der Waals surface area contributed by atoms with Crippen LogP contribution in [0.4, 0.5) is 4.39 Å². The predicted octanol–water partition coefficient (Wildman–Crippen LogP) is 3.03. The number of nitrogens with zero attached hydrogens (tertiary/aromatic N) is 2. The van der Waals surface area contributed by atoms with Crippen LogP contribution >= 0.6 is 11.3 Å². The van der Waals surface area contributed by atoms with Crippen molar-refractivity contribution in [2.45, 2.75) is 13.0 Å². The third-order valence-electron chi connectivity index (χ3n) is 3.71. The minimum Gasteiger partial charge on any atom is -0.467 e. The second-order valence-corrected chi connectivity index (χ2v) is 6.49. The number of hydrogen-bond acceptors (Lipinski definition) is 5. The highest BCUT2D eigenvalue weighted by molar-refractivity contribution is 7.10. The summed E-state index contributed by atoms with van der Waals surface area (Å²) >= 11 is 1.34. The molecule has 1 N–H and O–H groups in total. The number of hydrogen-bond donors (Lipinski definition) is 1. The van der Waals surface area contributed by atoms with Crippen molar-refractivity contribution in [2.75, 3.05) is 7.11 Å². The van der Waals surface area contributed by atoms with Crippen molar-refractivity contribution in [3.8, 4) is 5.69 Å². The maximum Gasteiger partial charge on any atom is 0.333 e. The van der Waals surface area contributed by atoms with Crippen LogP contribution in [0.15, 0.2) is 47.8 Å². The van der Waals surface area contributed by atoms with Gasteiger partial charge in [-0.1, -0.05) is 12.1 Å². The fraction of sp³-hybridized carbons (Fsp3) is 0.167. The van der Waals surface area contributed by atoms with Gasteiger partial charge in [0.25, 0.3) is 5.91 Å². The number of nitrogens with one attached hydrogen (secondary N) is 1. The second-order valence-electron chi connectivity index (χ2n) is 5.51. The highest BCUT2D eigenvalue weighted by Crippen LogP contribution is 2.21. The fourth-order valence-corrected chi connectivity index (χ4v) is 3.24. The summed E-state index contributed by atoms with van der Waals surface area (Å²) in [6, 6.07) is 10.1. The van der Waals surface area contributed by atoms with Gasteiger partial charge in [-0.05, 0) is 42.6 Å². The number of carbonyl (C=O) groups excluding carboxylic acids is 2. The summed E-state index contributed by atoms with van der Waals surface area (Å²) < 4.78 is 19.7. The standard InChI is InChI=1S/C18H16FN3O3S/c1-11-9-14(21-22(11)13-6-3-5-12(19)10-13)17(23)20-16(18(24)25-2)15-7-4-8-26-15/h3-10,16H,1-2H3,(H,20,23). The molecule has 0 fully saturated rings. The van der Waals surface area contributed by atoms with E-state index in [9.17, 15) is 14.0 Å². The Morgan fingerprint density at radius 2 is 2.08 bits per heavy atom. The molecule has 0 saturated carbocycles. The molecule has 0 bridgehead atoms. The maximum atomic E-state index is 13.4. The molecule has 26 heavy (non-hydrogen) atoms. The lowest BCUT2D eigenvalue weighted by molar-refractivity contribution is -0.143. The van der Waals surface area contributed by atoms with E-state index >= 15 is 0 Å². The van der Waals surface area contributed by atoms with Gasteiger partial charge in [0.05, 0.1) is 12.8 Å². The summed E-state index contributed by atoms with van der Waals surface area (Å²) in [6.45, 7) is 1.76. The quantitative estimate of drug-likeness (QED) is 0.698. The number of benzene rings is 1. The van der Waals surface area contributed by atoms with Gasteiger partial charge in [-0.3, -0.25) is 4.79 Å². The molecule has 1 amide bonds. The lowest BCUT2D eigenvalue weighted by atomic mass is 10.2. The van der Waals surface area contributed by atoms with Gasteiger partial charge < -0.3 is 10.1 Å². The van der Waals surface area contributed by atoms with Crippen LogP contribution in [0.2, 0.25) is 0 Å². The van der Waals surface area contributed by atoms with Gasteiger partial charge in [0, 0.05) is 10.6 Å². The zero-order valence-electron chi connectivity index (χ0n) is 14.1. The van der Waals surface area contributed by atoms with Gasteiger partial charge in [0.15, 0.2) is 11.7 Å². The first-order valence-corrected chi connectivity index (χ1v) is 8.62. The molecule has 6 nitrogen and oxygen atoms in total. The molecule has 1 atom stereocenters. The van der Waals surface area contributed by atoms with Crippen LogP contribution in [0.3, 0.4) is 0 Å². The van der Waals surface area contributed by atoms with Crippen LogP contribution in [0, 0.1) is 12.7 Å². The number of amides is 1. The lowest BCUT2D eigenvalue weighted by Crippen LogP contribution is -2.34. The normalized spacial score (nSPS) is 11.8. The van der Waals surface area contributed by atoms with E-state index in [1.807, 2.05) is 0 Å². The van der Waals surface area contributed by atoms with Crippen LogP contribution in [0.25, 0.3) is 5.69 Å². The molecule has 2 heterocycles. The predicted molar refractivity (Wildman–Crippen MR) is 94.8 cm³/mol. The molecule has 3 aromatic rings. The summed E-state index contributed by atoms with van der Waals surface area (Å²) in [5.41, 5.74) is 1.29. The highest BCUT2D eigenvalue weighted by atomic mass is 32.1. The minimum absolute atomic E-state index is 0.122. The number of halogens is 1. The molecule has 3 rings (SSSR count). The van der Waals surface area contributed by atoms with E-state index in [4.69, 9.17) is 4.74 Å². The van der Waals surface area contributed by atoms with Crippen LogP contribution in [0.1, 0.15) is 27.1 Å². The number of aryl methyl sites for hydroxylation is 1. The molecule has 1 unspecified atom stereocenters. The molecule has 1 aromatic carbocycles. The molecule has 8 heteroatoms. The number of rotatable bonds is 5. The summed E-state index contributed by atoms with van der Waals surface area (Å²) in [5.74, 6) is -1.49. The summed E-state index contributed by atoms with van der Waals surface area (Å²) in [4.78, 5) is 25.2. The molecule has 0 aliphatic rings. The molecule has 0 spiro atoms. The largest absolute Gasteiger partial charge is 0.467 e. The van der Waals surface area contributed by atoms with Gasteiger partial charge in [-0.2, -0.15) is 5.10 Å². The number of aromatic nitrogens is 2. The molecule has 0 aliphatic heterocycles. The van der Waals surface area contributed by atoms with Gasteiger partial charge in [0.2, 0.25) is 0 Å². The molecule has 0 radical (unpaired) electrons. The average molecular weight is 373 g/mol. The Morgan fingerprint density at radius 3 is 2.73 bits per heavy atom. The van der Waals surface area contributed by atoms with Crippen molar-refractivity contribution in [3.63, 3.8) is 0 Å². The molecule has 2 aromatic heterocycles. The van der Waals surface area contributed by atoms with E-state index in [1.54, 1.807) is 42.6 Å². The molecular formula is C18H16FN3O3S. The number of esters is 1. The first kappa shape index (κ1) is 17.8. The van der Waals surface area contributed by atoms with Crippen LogP contribution < -0.4 is 5.32 Å². The van der Waals surface area contributed by atoms with E-state index in [1.165, 1.54) is 35.3 Å². The fourth-order valence-electron chi connectivity index (χ4n) is 2.48. The average Bonchev–Trinajstić information content (AvgIpc) is 3.28. The molecular weight excluding hydrogens is 357 g/mol. The Labute approximate surface area is 153 Å². The van der Waals surface area contributed by atoms with Gasteiger partial charge in [-0.25, -0.2) is 13.9 Å². The Bertz CT molecular complexity index is 937. The van der Waals surface area contributed by atoms with Crippen molar-refractivity contribution < 1.29 is 18.7 Å². The third kappa shape index (κ3) is 3.65. The van der Waals surface area contributed by atoms with Crippen LogP contribution in [-0.2, 0) is 9.53 Å².